The normalized spacial score (nSPS) is 10.1. The van der Waals surface area contributed by atoms with Gasteiger partial charge in [-0.05, 0) is 30.4 Å². The Morgan fingerprint density at radius 1 is 1.00 bits per heavy atom. The quantitative estimate of drug-likeness (QED) is 0.680. The molecule has 1 heteroatoms. The minimum atomic E-state index is 0.523. The fraction of sp³-hybridized carbons (Fsp3) is 0.571. The average Bonchev–Trinajstić information content (AvgIpc) is 2.08. The van der Waals surface area contributed by atoms with Gasteiger partial charge in [0.1, 0.15) is 0 Å². The van der Waals surface area contributed by atoms with Crippen molar-refractivity contribution in [1.82, 2.24) is 0 Å². The lowest BCUT2D eigenvalue weighted by molar-refractivity contribution is 0.737. The van der Waals surface area contributed by atoms with Crippen LogP contribution in [0.1, 0.15) is 51.7 Å². The van der Waals surface area contributed by atoms with Gasteiger partial charge in [-0.25, -0.2) is 0 Å². The first kappa shape index (κ1) is 14.0. The Morgan fingerprint density at radius 3 is 1.80 bits per heavy atom. The Morgan fingerprint density at radius 2 is 1.47 bits per heavy atom. The smallest absolute Gasteiger partial charge is 0.0349 e. The highest BCUT2D eigenvalue weighted by Crippen LogP contribution is 2.22. The Bertz CT molecular complexity index is 285. The molecule has 1 nitrogen and oxygen atoms in total. The van der Waals surface area contributed by atoms with E-state index in [1.54, 1.807) is 0 Å². The number of rotatable bonds is 1. The minimum Gasteiger partial charge on any atom is -0.398 e. The van der Waals surface area contributed by atoms with Gasteiger partial charge in [-0.1, -0.05) is 52.3 Å². The zero-order valence-electron chi connectivity index (χ0n) is 11.0. The molecule has 0 radical (unpaired) electrons. The summed E-state index contributed by atoms with van der Waals surface area (Å²) in [7, 11) is 0. The number of aryl methyl sites for hydroxylation is 1. The van der Waals surface area contributed by atoms with Gasteiger partial charge in [-0.3, -0.25) is 0 Å². The summed E-state index contributed by atoms with van der Waals surface area (Å²) >= 11 is 0. The molecule has 0 fully saturated rings. The lowest BCUT2D eigenvalue weighted by Gasteiger charge is -2.09. The molecule has 1 aromatic carbocycles. The summed E-state index contributed by atoms with van der Waals surface area (Å²) in [5, 5.41) is 0. The van der Waals surface area contributed by atoms with Crippen LogP contribution in [0, 0.1) is 12.8 Å². The van der Waals surface area contributed by atoms with Crippen LogP contribution in [0.3, 0.4) is 0 Å². The van der Waals surface area contributed by atoms with E-state index >= 15 is 0 Å². The molecule has 0 aromatic heterocycles. The molecule has 0 unspecified atom stereocenters. The Labute approximate surface area is 94.7 Å². The van der Waals surface area contributed by atoms with Crippen LogP contribution in [0.5, 0.6) is 0 Å². The predicted octanol–water partition coefficient (Wildman–Crippen LogP) is 4.36. The van der Waals surface area contributed by atoms with Crippen LogP contribution in [-0.2, 0) is 0 Å². The molecule has 1 aromatic rings. The van der Waals surface area contributed by atoms with Gasteiger partial charge in [0.05, 0.1) is 0 Å². The van der Waals surface area contributed by atoms with Crippen LogP contribution in [0.2, 0.25) is 0 Å². The number of anilines is 1. The molecular formula is C14H25N. The molecule has 1 rings (SSSR count). The maximum absolute atomic E-state index is 5.79. The molecule has 0 saturated heterocycles. The van der Waals surface area contributed by atoms with Crippen molar-refractivity contribution in [3.8, 4) is 0 Å². The highest BCUT2D eigenvalue weighted by atomic mass is 14.6. The second-order valence-corrected chi connectivity index (χ2v) is 5.02. The zero-order chi connectivity index (χ0) is 12.0. The van der Waals surface area contributed by atoms with Gasteiger partial charge in [-0.2, -0.15) is 0 Å². The second-order valence-electron chi connectivity index (χ2n) is 5.02. The summed E-state index contributed by atoms with van der Waals surface area (Å²) in [6, 6.07) is 6.17. The van der Waals surface area contributed by atoms with Gasteiger partial charge in [0.2, 0.25) is 0 Å². The van der Waals surface area contributed by atoms with Gasteiger partial charge in [0, 0.05) is 5.69 Å². The molecule has 15 heavy (non-hydrogen) atoms. The number of nitrogen functional groups attached to an aromatic ring is 1. The van der Waals surface area contributed by atoms with Crippen molar-refractivity contribution < 1.29 is 0 Å². The van der Waals surface area contributed by atoms with E-state index in [0.717, 1.165) is 11.6 Å². The second kappa shape index (κ2) is 6.49. The van der Waals surface area contributed by atoms with E-state index in [1.807, 2.05) is 12.1 Å². The van der Waals surface area contributed by atoms with Crippen LogP contribution in [0.4, 0.5) is 5.69 Å². The molecule has 0 bridgehead atoms. The van der Waals surface area contributed by atoms with E-state index in [9.17, 15) is 0 Å². The van der Waals surface area contributed by atoms with E-state index in [2.05, 4.69) is 47.6 Å². The number of hydrogen-bond donors (Lipinski definition) is 1. The maximum atomic E-state index is 5.79. The van der Waals surface area contributed by atoms with E-state index in [1.165, 1.54) is 11.1 Å². The van der Waals surface area contributed by atoms with E-state index in [-0.39, 0.29) is 0 Å². The molecule has 0 spiro atoms. The lowest BCUT2D eigenvalue weighted by atomic mass is 9.99. The van der Waals surface area contributed by atoms with Crippen molar-refractivity contribution in [3.63, 3.8) is 0 Å². The fourth-order valence-corrected chi connectivity index (χ4v) is 1.19. The Balaban J connectivity index is 0.000000423. The van der Waals surface area contributed by atoms with E-state index in [4.69, 9.17) is 5.73 Å². The molecule has 0 heterocycles. The molecule has 0 aliphatic rings. The van der Waals surface area contributed by atoms with Crippen molar-refractivity contribution >= 4 is 5.69 Å². The molecule has 0 atom stereocenters. The summed E-state index contributed by atoms with van der Waals surface area (Å²) < 4.78 is 0. The third-order valence-corrected chi connectivity index (χ3v) is 1.86. The predicted molar refractivity (Wildman–Crippen MR) is 70.2 cm³/mol. The summed E-state index contributed by atoms with van der Waals surface area (Å²) in [4.78, 5) is 0. The summed E-state index contributed by atoms with van der Waals surface area (Å²) in [5.74, 6) is 1.36. The lowest BCUT2D eigenvalue weighted by Crippen LogP contribution is -1.96. The molecule has 86 valence electrons. The third kappa shape index (κ3) is 6.16. The van der Waals surface area contributed by atoms with Crippen molar-refractivity contribution in [1.29, 1.82) is 0 Å². The van der Waals surface area contributed by atoms with Crippen LogP contribution in [0.15, 0.2) is 18.2 Å². The topological polar surface area (TPSA) is 26.0 Å². The van der Waals surface area contributed by atoms with Crippen molar-refractivity contribution in [2.75, 3.05) is 5.73 Å². The van der Waals surface area contributed by atoms with Gasteiger partial charge < -0.3 is 5.73 Å². The monoisotopic (exact) mass is 207 g/mol. The number of hydrogen-bond acceptors (Lipinski definition) is 1. The molecule has 0 aliphatic heterocycles. The Hall–Kier alpha value is -0.980. The van der Waals surface area contributed by atoms with Crippen LogP contribution in [0.25, 0.3) is 0 Å². The van der Waals surface area contributed by atoms with Crippen LogP contribution in [-0.4, -0.2) is 0 Å². The van der Waals surface area contributed by atoms with Crippen molar-refractivity contribution in [2.24, 2.45) is 5.92 Å². The molecule has 0 amide bonds. The highest BCUT2D eigenvalue weighted by molar-refractivity contribution is 5.49. The summed E-state index contributed by atoms with van der Waals surface area (Å²) in [6.45, 7) is 12.9. The first-order valence-corrected chi connectivity index (χ1v) is 5.70. The fourth-order valence-electron chi connectivity index (χ4n) is 1.19. The Kier molecular flexibility index (Phi) is 6.07. The van der Waals surface area contributed by atoms with Gasteiger partial charge in [0.25, 0.3) is 0 Å². The summed E-state index contributed by atoms with van der Waals surface area (Å²) in [5.41, 5.74) is 9.23. The molecule has 2 N–H and O–H groups in total. The molecule has 0 saturated carbocycles. The molecule has 0 aliphatic carbocycles. The molecular weight excluding hydrogens is 182 g/mol. The van der Waals surface area contributed by atoms with Gasteiger partial charge >= 0.3 is 0 Å². The minimum absolute atomic E-state index is 0.523. The maximum Gasteiger partial charge on any atom is 0.0349 e. The van der Waals surface area contributed by atoms with Crippen LogP contribution >= 0.6 is 0 Å². The number of benzene rings is 1. The van der Waals surface area contributed by atoms with Crippen LogP contribution < -0.4 is 5.73 Å². The first-order chi connectivity index (χ1) is 6.84. The highest BCUT2D eigenvalue weighted by Gasteiger charge is 2.02. The summed E-state index contributed by atoms with van der Waals surface area (Å²) in [6.07, 6.45) is 0. The third-order valence-electron chi connectivity index (χ3n) is 1.86. The van der Waals surface area contributed by atoms with E-state index in [0.29, 0.717) is 5.92 Å². The van der Waals surface area contributed by atoms with Gasteiger partial charge in [0.15, 0.2) is 0 Å². The first-order valence-electron chi connectivity index (χ1n) is 5.70. The largest absolute Gasteiger partial charge is 0.398 e. The van der Waals surface area contributed by atoms with Gasteiger partial charge in [-0.15, -0.1) is 0 Å². The SMILES string of the molecule is CC(C)C.Cc1ccc(N)c(C(C)C)c1. The zero-order valence-corrected chi connectivity index (χ0v) is 11.0. The van der Waals surface area contributed by atoms with E-state index < -0.39 is 0 Å². The van der Waals surface area contributed by atoms with Crippen molar-refractivity contribution in [2.45, 2.75) is 47.5 Å². The number of nitrogens with two attached hydrogens (primary N) is 1. The van der Waals surface area contributed by atoms with Crippen molar-refractivity contribution in [3.05, 3.63) is 29.3 Å². The standard InChI is InChI=1S/C10H15N.C4H10/c1-7(2)9-6-8(3)4-5-10(9)11;1-4(2)3/h4-7H,11H2,1-3H3;4H,1-3H3. The average molecular weight is 207 g/mol.